The summed E-state index contributed by atoms with van der Waals surface area (Å²) < 4.78 is 0. The Hall–Kier alpha value is -4.49. The van der Waals surface area contributed by atoms with E-state index in [9.17, 15) is 5.11 Å². The van der Waals surface area contributed by atoms with Crippen LogP contribution in [0.1, 0.15) is 50.3 Å². The number of fused-ring (bicyclic) bond motifs is 1. The summed E-state index contributed by atoms with van der Waals surface area (Å²) >= 11 is 0. The van der Waals surface area contributed by atoms with Crippen molar-refractivity contribution < 1.29 is 5.11 Å². The number of hydrogen-bond donors (Lipinski definition) is 3. The van der Waals surface area contributed by atoms with Crippen LogP contribution in [0.2, 0.25) is 0 Å². The smallest absolute Gasteiger partial charge is 0.222 e. The summed E-state index contributed by atoms with van der Waals surface area (Å²) in [6.07, 6.45) is 7.23. The Balaban J connectivity index is 0.00000337. The van der Waals surface area contributed by atoms with Gasteiger partial charge in [0.2, 0.25) is 5.95 Å². The molecule has 6 rings (SSSR count). The van der Waals surface area contributed by atoms with Gasteiger partial charge in [-0.3, -0.25) is 4.90 Å². The highest BCUT2D eigenvalue weighted by Crippen LogP contribution is 2.34. The second kappa shape index (κ2) is 12.8. The van der Waals surface area contributed by atoms with Crippen LogP contribution in [0.25, 0.3) is 22.0 Å². The lowest BCUT2D eigenvalue weighted by Gasteiger charge is -2.14. The van der Waals surface area contributed by atoms with Crippen LogP contribution in [-0.2, 0) is 6.54 Å². The molecular weight excluding hydrogens is 508 g/mol. The monoisotopic (exact) mass is 546 g/mol. The van der Waals surface area contributed by atoms with E-state index < -0.39 is 0 Å². The van der Waals surface area contributed by atoms with Crippen molar-refractivity contribution in [3.05, 3.63) is 102 Å². The lowest BCUT2D eigenvalue weighted by Crippen LogP contribution is -2.18. The Morgan fingerprint density at radius 1 is 0.951 bits per heavy atom. The molecule has 3 N–H and O–H groups in total. The van der Waals surface area contributed by atoms with E-state index in [2.05, 4.69) is 56.4 Å². The molecule has 3 aromatic carbocycles. The van der Waals surface area contributed by atoms with Crippen molar-refractivity contribution in [3.8, 4) is 17.0 Å². The van der Waals surface area contributed by atoms with E-state index in [-0.39, 0.29) is 13.3 Å². The van der Waals surface area contributed by atoms with Crippen LogP contribution >= 0.6 is 0 Å². The van der Waals surface area contributed by atoms with Gasteiger partial charge in [0.05, 0.1) is 17.0 Å². The number of aromatic hydroxyl groups is 1. The molecule has 0 spiro atoms. The number of nitrogens with one attached hydrogen (secondary N) is 2. The minimum absolute atomic E-state index is 0. The number of aromatic nitrogens is 3. The topological polar surface area (TPSA) is 89.4 Å². The van der Waals surface area contributed by atoms with Gasteiger partial charge in [0.25, 0.3) is 0 Å². The van der Waals surface area contributed by atoms with Crippen molar-refractivity contribution in [3.63, 3.8) is 0 Å². The zero-order chi connectivity index (χ0) is 27.3. The molecule has 7 heteroatoms. The van der Waals surface area contributed by atoms with Crippen molar-refractivity contribution in [1.82, 2.24) is 19.9 Å². The molecule has 0 atom stereocenters. The maximum absolute atomic E-state index is 11.2. The summed E-state index contributed by atoms with van der Waals surface area (Å²) in [5.41, 5.74) is 7.18. The molecule has 0 bridgehead atoms. The number of rotatable bonds is 9. The zero-order valence-corrected chi connectivity index (χ0v) is 22.8. The third-order valence-corrected chi connectivity index (χ3v) is 7.36. The predicted molar refractivity (Wildman–Crippen MR) is 169 cm³/mol. The van der Waals surface area contributed by atoms with Crippen LogP contribution in [0.4, 0.5) is 11.6 Å². The number of aliphatic imine (C=N–C) groups is 1. The van der Waals surface area contributed by atoms with E-state index >= 15 is 0 Å². The maximum Gasteiger partial charge on any atom is 0.222 e. The highest BCUT2D eigenvalue weighted by Gasteiger charge is 2.19. The van der Waals surface area contributed by atoms with Crippen molar-refractivity contribution >= 4 is 28.3 Å². The molecular formula is C34H38N6O. The molecule has 210 valence electrons. The summed E-state index contributed by atoms with van der Waals surface area (Å²) in [6.45, 7) is 6.27. The third-order valence-electron chi connectivity index (χ3n) is 7.36. The Kier molecular flexibility index (Phi) is 8.75. The van der Waals surface area contributed by atoms with Gasteiger partial charge in [-0.2, -0.15) is 0 Å². The van der Waals surface area contributed by atoms with E-state index in [0.29, 0.717) is 11.5 Å². The second-order valence-corrected chi connectivity index (χ2v) is 10.3. The van der Waals surface area contributed by atoms with Gasteiger partial charge in [-0.15, -0.1) is 0 Å². The molecule has 0 radical (unpaired) electrons. The van der Waals surface area contributed by atoms with Gasteiger partial charge in [-0.25, -0.2) is 15.0 Å². The van der Waals surface area contributed by atoms with E-state index in [0.717, 1.165) is 58.5 Å². The van der Waals surface area contributed by atoms with Crippen molar-refractivity contribution in [2.24, 2.45) is 4.99 Å². The average molecular weight is 547 g/mol. The number of likely N-dealkylation sites (tertiary alicyclic amines) is 1. The summed E-state index contributed by atoms with van der Waals surface area (Å²) in [6, 6.07) is 24.6. The van der Waals surface area contributed by atoms with Crippen LogP contribution in [-0.4, -0.2) is 50.3 Å². The molecule has 41 heavy (non-hydrogen) atoms. The van der Waals surface area contributed by atoms with Crippen molar-refractivity contribution in [2.45, 2.75) is 40.2 Å². The minimum atomic E-state index is 0. The minimum Gasteiger partial charge on any atom is -0.494 e. The number of anilines is 1. The average Bonchev–Trinajstić information content (AvgIpc) is 3.63. The molecule has 5 aromatic rings. The Morgan fingerprint density at radius 2 is 1.68 bits per heavy atom. The van der Waals surface area contributed by atoms with Crippen molar-refractivity contribution in [2.75, 3.05) is 25.0 Å². The fourth-order valence-corrected chi connectivity index (χ4v) is 5.27. The third kappa shape index (κ3) is 6.31. The summed E-state index contributed by atoms with van der Waals surface area (Å²) in [5.74, 6) is 0.718. The summed E-state index contributed by atoms with van der Waals surface area (Å²) in [5, 5.41) is 15.3. The molecule has 1 aliphatic heterocycles. The van der Waals surface area contributed by atoms with Gasteiger partial charge in [0.15, 0.2) is 5.88 Å². The molecule has 0 aliphatic carbocycles. The molecule has 0 amide bonds. The van der Waals surface area contributed by atoms with Crippen LogP contribution in [0.15, 0.2) is 90.2 Å². The van der Waals surface area contributed by atoms with Crippen LogP contribution in [0, 0.1) is 0 Å². The van der Waals surface area contributed by atoms with Gasteiger partial charge in [-0.05, 0) is 61.7 Å². The van der Waals surface area contributed by atoms with Gasteiger partial charge in [0.1, 0.15) is 0 Å². The van der Waals surface area contributed by atoms with Gasteiger partial charge in [-0.1, -0.05) is 68.9 Å². The number of nitrogens with zero attached hydrogens (tertiary/aromatic N) is 4. The highest BCUT2D eigenvalue weighted by atomic mass is 16.3. The largest absolute Gasteiger partial charge is 0.494 e. The Morgan fingerprint density at radius 3 is 2.39 bits per heavy atom. The molecule has 3 heterocycles. The SMILES string of the molecule is C.CCCNc1ncc(-c2ccc3c(C(=Nc4ccc(CN5CCCC5)cc4)c4ccccc4)c(O)[nH]c3c2)cn1. The first-order chi connectivity index (χ1) is 19.7. The Bertz CT molecular complexity index is 1600. The molecule has 1 saturated heterocycles. The molecule has 7 nitrogen and oxygen atoms in total. The van der Waals surface area contributed by atoms with E-state index in [1.165, 1.54) is 31.5 Å². The molecule has 1 fully saturated rings. The highest BCUT2D eigenvalue weighted by molar-refractivity contribution is 6.22. The fourth-order valence-electron chi connectivity index (χ4n) is 5.27. The zero-order valence-electron chi connectivity index (χ0n) is 22.8. The maximum atomic E-state index is 11.2. The lowest BCUT2D eigenvalue weighted by molar-refractivity contribution is 0.331. The number of hydrogen-bond acceptors (Lipinski definition) is 6. The number of benzene rings is 3. The Labute approximate surface area is 242 Å². The normalized spacial score (nSPS) is 13.8. The van der Waals surface area contributed by atoms with Gasteiger partial charge >= 0.3 is 0 Å². The first kappa shape index (κ1) is 28.1. The van der Waals surface area contributed by atoms with E-state index in [1.807, 2.05) is 60.9 Å². The first-order valence-electron chi connectivity index (χ1n) is 14.0. The quantitative estimate of drug-likeness (QED) is 0.166. The van der Waals surface area contributed by atoms with Crippen LogP contribution < -0.4 is 5.32 Å². The van der Waals surface area contributed by atoms with Crippen LogP contribution in [0.5, 0.6) is 5.88 Å². The molecule has 0 unspecified atom stereocenters. The van der Waals surface area contributed by atoms with E-state index in [4.69, 9.17) is 4.99 Å². The van der Waals surface area contributed by atoms with Crippen molar-refractivity contribution in [1.29, 1.82) is 0 Å². The number of H-pyrrole nitrogens is 1. The summed E-state index contributed by atoms with van der Waals surface area (Å²) in [4.78, 5) is 19.6. The second-order valence-electron chi connectivity index (χ2n) is 10.3. The molecule has 2 aromatic heterocycles. The molecule has 0 saturated carbocycles. The van der Waals surface area contributed by atoms with E-state index in [1.54, 1.807) is 0 Å². The standard InChI is InChI=1S/C33H34N6O.CH4/c1-2-16-34-33-35-20-26(21-36-33)25-12-15-28-29(19-25)38-32(40)30(28)31(24-8-4-3-5-9-24)37-27-13-10-23(11-14-27)22-39-17-6-7-18-39;/h3-5,8-15,19-21,38,40H,2,6-7,16-18,22H2,1H3,(H,34,35,36);1H4. The van der Waals surface area contributed by atoms with Gasteiger partial charge in [0, 0.05) is 47.5 Å². The molecule has 1 aliphatic rings. The number of aromatic amines is 1. The first-order valence-corrected chi connectivity index (χ1v) is 14.0. The van der Waals surface area contributed by atoms with Gasteiger partial charge < -0.3 is 15.4 Å². The summed E-state index contributed by atoms with van der Waals surface area (Å²) in [7, 11) is 0. The van der Waals surface area contributed by atoms with Crippen LogP contribution in [0.3, 0.4) is 0 Å². The fraction of sp³-hybridized carbons (Fsp3) is 0.265. The predicted octanol–water partition coefficient (Wildman–Crippen LogP) is 7.55. The lowest BCUT2D eigenvalue weighted by atomic mass is 9.99.